The fraction of sp³-hybridized carbons (Fsp3) is 0.353. The van der Waals surface area contributed by atoms with Gasteiger partial charge in [0, 0.05) is 25.7 Å². The molecule has 0 unspecified atom stereocenters. The van der Waals surface area contributed by atoms with Crippen LogP contribution in [0.2, 0.25) is 0 Å². The van der Waals surface area contributed by atoms with Crippen LogP contribution in [0.1, 0.15) is 29.8 Å². The monoisotopic (exact) mass is 296 g/mol. The zero-order valence-electron chi connectivity index (χ0n) is 12.7. The summed E-state index contributed by atoms with van der Waals surface area (Å²) >= 11 is 0. The Labute approximate surface area is 130 Å². The lowest BCUT2D eigenvalue weighted by atomic mass is 10.1. The summed E-state index contributed by atoms with van der Waals surface area (Å²) in [6.07, 6.45) is 3.54. The van der Waals surface area contributed by atoms with Gasteiger partial charge in [0.2, 0.25) is 5.95 Å². The van der Waals surface area contributed by atoms with E-state index in [4.69, 9.17) is 0 Å². The van der Waals surface area contributed by atoms with Gasteiger partial charge in [-0.3, -0.25) is 4.79 Å². The van der Waals surface area contributed by atoms with Crippen molar-refractivity contribution in [3.8, 4) is 11.3 Å². The van der Waals surface area contributed by atoms with Crippen LogP contribution in [0.4, 0.5) is 5.95 Å². The molecule has 114 valence electrons. The smallest absolute Gasteiger partial charge is 0.269 e. The normalized spacial score (nSPS) is 14.7. The first-order chi connectivity index (χ1) is 10.8. The second-order valence-electron chi connectivity index (χ2n) is 5.43. The quantitative estimate of drug-likeness (QED) is 0.945. The Hall–Kier alpha value is -2.43. The molecule has 2 aromatic rings. The van der Waals surface area contributed by atoms with Crippen LogP contribution in [0.15, 0.2) is 36.4 Å². The first-order valence-electron chi connectivity index (χ1n) is 7.69. The summed E-state index contributed by atoms with van der Waals surface area (Å²) in [7, 11) is 1.62. The van der Waals surface area contributed by atoms with Gasteiger partial charge in [-0.25, -0.2) is 9.97 Å². The highest BCUT2D eigenvalue weighted by Crippen LogP contribution is 2.22. The number of carbonyl (C=O) groups excluding carboxylic acids is 1. The number of anilines is 1. The average Bonchev–Trinajstić information content (AvgIpc) is 2.62. The molecular formula is C17H20N4O. The Morgan fingerprint density at radius 1 is 1.09 bits per heavy atom. The number of hydrogen-bond donors (Lipinski definition) is 1. The Balaban J connectivity index is 2.03. The number of benzene rings is 1. The van der Waals surface area contributed by atoms with E-state index in [1.54, 1.807) is 13.1 Å². The predicted octanol–water partition coefficient (Wildman–Crippen LogP) is 2.49. The summed E-state index contributed by atoms with van der Waals surface area (Å²) in [5.41, 5.74) is 2.19. The molecular weight excluding hydrogens is 276 g/mol. The number of hydrogen-bond acceptors (Lipinski definition) is 4. The molecule has 0 saturated carbocycles. The van der Waals surface area contributed by atoms with E-state index >= 15 is 0 Å². The van der Waals surface area contributed by atoms with Gasteiger partial charge in [0.25, 0.3) is 5.91 Å². The number of nitrogens with zero attached hydrogens (tertiary/aromatic N) is 3. The molecule has 0 radical (unpaired) electrons. The maximum Gasteiger partial charge on any atom is 0.269 e. The maximum atomic E-state index is 12.0. The minimum Gasteiger partial charge on any atom is -0.354 e. The molecule has 0 aliphatic carbocycles. The van der Waals surface area contributed by atoms with E-state index in [0.29, 0.717) is 11.6 Å². The van der Waals surface area contributed by atoms with Crippen LogP contribution in [0.3, 0.4) is 0 Å². The van der Waals surface area contributed by atoms with Gasteiger partial charge in [-0.05, 0) is 25.3 Å². The van der Waals surface area contributed by atoms with E-state index in [1.807, 2.05) is 30.3 Å². The van der Waals surface area contributed by atoms with Gasteiger partial charge in [-0.2, -0.15) is 0 Å². The summed E-state index contributed by atoms with van der Waals surface area (Å²) in [5.74, 6) is 0.470. The topological polar surface area (TPSA) is 58.1 Å². The van der Waals surface area contributed by atoms with Crippen LogP contribution < -0.4 is 10.2 Å². The molecule has 1 fully saturated rings. The standard InChI is InChI=1S/C17H20N4O/c1-18-16(22)15-12-14(13-8-4-2-5-9-13)19-17(20-15)21-10-6-3-7-11-21/h2,4-5,8-9,12H,3,6-7,10-11H2,1H3,(H,18,22). The number of aromatic nitrogens is 2. The average molecular weight is 296 g/mol. The van der Waals surface area contributed by atoms with Crippen molar-refractivity contribution in [1.29, 1.82) is 0 Å². The van der Waals surface area contributed by atoms with Gasteiger partial charge in [-0.15, -0.1) is 0 Å². The highest BCUT2D eigenvalue weighted by atomic mass is 16.1. The van der Waals surface area contributed by atoms with Gasteiger partial charge in [0.1, 0.15) is 5.69 Å². The van der Waals surface area contributed by atoms with E-state index in [1.165, 1.54) is 6.42 Å². The second-order valence-corrected chi connectivity index (χ2v) is 5.43. The molecule has 0 atom stereocenters. The van der Waals surface area contributed by atoms with Crippen molar-refractivity contribution < 1.29 is 4.79 Å². The Bertz CT molecular complexity index is 651. The van der Waals surface area contributed by atoms with E-state index in [0.717, 1.165) is 37.2 Å². The molecule has 22 heavy (non-hydrogen) atoms. The molecule has 1 saturated heterocycles. The summed E-state index contributed by atoms with van der Waals surface area (Å²) in [6.45, 7) is 1.90. The van der Waals surface area contributed by atoms with Crippen LogP contribution in [0, 0.1) is 0 Å². The van der Waals surface area contributed by atoms with Gasteiger partial charge < -0.3 is 10.2 Å². The highest BCUT2D eigenvalue weighted by molar-refractivity contribution is 5.93. The SMILES string of the molecule is CNC(=O)c1cc(-c2ccccc2)nc(N2CCCCC2)n1. The van der Waals surface area contributed by atoms with E-state index in [-0.39, 0.29) is 5.91 Å². The lowest BCUT2D eigenvalue weighted by Gasteiger charge is -2.27. The fourth-order valence-corrected chi connectivity index (χ4v) is 2.67. The van der Waals surface area contributed by atoms with Crippen molar-refractivity contribution in [2.75, 3.05) is 25.0 Å². The summed E-state index contributed by atoms with van der Waals surface area (Å²) < 4.78 is 0. The fourth-order valence-electron chi connectivity index (χ4n) is 2.67. The summed E-state index contributed by atoms with van der Waals surface area (Å²) in [6, 6.07) is 11.7. The van der Waals surface area contributed by atoms with Crippen molar-refractivity contribution in [1.82, 2.24) is 15.3 Å². The zero-order chi connectivity index (χ0) is 15.4. The maximum absolute atomic E-state index is 12.0. The molecule has 1 aliphatic heterocycles. The molecule has 5 nitrogen and oxygen atoms in total. The molecule has 1 aromatic heterocycles. The number of piperidine rings is 1. The van der Waals surface area contributed by atoms with E-state index in [9.17, 15) is 4.79 Å². The minimum atomic E-state index is -0.183. The van der Waals surface area contributed by atoms with Crippen LogP contribution >= 0.6 is 0 Å². The van der Waals surface area contributed by atoms with Crippen LogP contribution in [0.5, 0.6) is 0 Å². The number of amides is 1. The molecule has 1 amide bonds. The molecule has 1 aliphatic rings. The third kappa shape index (κ3) is 3.08. The molecule has 0 spiro atoms. The first kappa shape index (κ1) is 14.5. The second kappa shape index (κ2) is 6.56. The van der Waals surface area contributed by atoms with Crippen molar-refractivity contribution >= 4 is 11.9 Å². The number of nitrogens with one attached hydrogen (secondary N) is 1. The summed E-state index contributed by atoms with van der Waals surface area (Å²) in [5, 5.41) is 2.64. The minimum absolute atomic E-state index is 0.183. The molecule has 0 bridgehead atoms. The number of rotatable bonds is 3. The third-order valence-corrected chi connectivity index (χ3v) is 3.88. The van der Waals surface area contributed by atoms with Gasteiger partial charge in [0.05, 0.1) is 5.69 Å². The molecule has 1 N–H and O–H groups in total. The molecule has 3 rings (SSSR count). The number of carbonyl (C=O) groups is 1. The predicted molar refractivity (Wildman–Crippen MR) is 86.9 cm³/mol. The van der Waals surface area contributed by atoms with Crippen molar-refractivity contribution in [2.24, 2.45) is 0 Å². The van der Waals surface area contributed by atoms with Crippen molar-refractivity contribution in [3.05, 3.63) is 42.1 Å². The largest absolute Gasteiger partial charge is 0.354 e. The Morgan fingerprint density at radius 2 is 1.82 bits per heavy atom. The zero-order valence-corrected chi connectivity index (χ0v) is 12.7. The van der Waals surface area contributed by atoms with Gasteiger partial charge in [-0.1, -0.05) is 30.3 Å². The van der Waals surface area contributed by atoms with Crippen LogP contribution in [-0.2, 0) is 0 Å². The first-order valence-corrected chi connectivity index (χ1v) is 7.69. The van der Waals surface area contributed by atoms with Crippen LogP contribution in [0.25, 0.3) is 11.3 Å². The van der Waals surface area contributed by atoms with Crippen molar-refractivity contribution in [3.63, 3.8) is 0 Å². The van der Waals surface area contributed by atoms with Crippen LogP contribution in [-0.4, -0.2) is 36.0 Å². The lowest BCUT2D eigenvalue weighted by molar-refractivity contribution is 0.0958. The summed E-state index contributed by atoms with van der Waals surface area (Å²) in [4.78, 5) is 23.3. The Kier molecular flexibility index (Phi) is 4.32. The Morgan fingerprint density at radius 3 is 2.50 bits per heavy atom. The lowest BCUT2D eigenvalue weighted by Crippen LogP contribution is -2.32. The van der Waals surface area contributed by atoms with E-state index in [2.05, 4.69) is 20.2 Å². The highest BCUT2D eigenvalue weighted by Gasteiger charge is 2.18. The molecule has 2 heterocycles. The molecule has 1 aromatic carbocycles. The van der Waals surface area contributed by atoms with Gasteiger partial charge >= 0.3 is 0 Å². The van der Waals surface area contributed by atoms with E-state index < -0.39 is 0 Å². The van der Waals surface area contributed by atoms with Gasteiger partial charge in [0.15, 0.2) is 0 Å². The third-order valence-electron chi connectivity index (χ3n) is 3.88. The van der Waals surface area contributed by atoms with Crippen molar-refractivity contribution in [2.45, 2.75) is 19.3 Å². The molecule has 5 heteroatoms.